The SMILES string of the molecule is CN=C1C=NN(c2ccccc2)C(=O)C1Cl. The van der Waals surface area contributed by atoms with Crippen LogP contribution in [-0.4, -0.2) is 30.3 Å². The Bertz CT molecular complexity index is 456. The summed E-state index contributed by atoms with van der Waals surface area (Å²) in [6.07, 6.45) is 1.51. The van der Waals surface area contributed by atoms with Crippen molar-refractivity contribution in [2.24, 2.45) is 10.1 Å². The van der Waals surface area contributed by atoms with E-state index >= 15 is 0 Å². The average Bonchev–Trinajstić information content (AvgIpc) is 2.34. The van der Waals surface area contributed by atoms with E-state index in [1.165, 1.54) is 11.2 Å². The van der Waals surface area contributed by atoms with Gasteiger partial charge in [-0.2, -0.15) is 10.1 Å². The predicted molar refractivity (Wildman–Crippen MR) is 65.4 cm³/mol. The van der Waals surface area contributed by atoms with Gasteiger partial charge < -0.3 is 0 Å². The van der Waals surface area contributed by atoms with Gasteiger partial charge in [-0.05, 0) is 12.1 Å². The van der Waals surface area contributed by atoms with Crippen LogP contribution in [0.2, 0.25) is 0 Å². The molecule has 1 aromatic rings. The van der Waals surface area contributed by atoms with Crippen LogP contribution in [0.15, 0.2) is 40.4 Å². The molecule has 0 aliphatic carbocycles. The molecule has 1 unspecified atom stereocenters. The van der Waals surface area contributed by atoms with Crippen LogP contribution >= 0.6 is 11.6 Å². The van der Waals surface area contributed by atoms with Crippen LogP contribution in [0.25, 0.3) is 0 Å². The van der Waals surface area contributed by atoms with Crippen LogP contribution in [0.4, 0.5) is 5.69 Å². The highest BCUT2D eigenvalue weighted by atomic mass is 35.5. The third kappa shape index (κ3) is 1.84. The van der Waals surface area contributed by atoms with Gasteiger partial charge in [-0.15, -0.1) is 11.6 Å². The van der Waals surface area contributed by atoms with Crippen molar-refractivity contribution in [2.75, 3.05) is 12.1 Å². The van der Waals surface area contributed by atoms with Gasteiger partial charge >= 0.3 is 0 Å². The summed E-state index contributed by atoms with van der Waals surface area (Å²) in [4.78, 5) is 15.8. The normalized spacial score (nSPS) is 22.9. The third-order valence-electron chi connectivity index (χ3n) is 2.25. The lowest BCUT2D eigenvalue weighted by Crippen LogP contribution is -2.42. The van der Waals surface area contributed by atoms with Gasteiger partial charge in [0.05, 0.1) is 17.6 Å². The molecule has 1 aromatic carbocycles. The zero-order chi connectivity index (χ0) is 11.5. The number of aliphatic imine (C=N–C) groups is 1. The molecule has 0 saturated carbocycles. The molecule has 0 spiro atoms. The first-order valence-electron chi connectivity index (χ1n) is 4.78. The molecule has 1 atom stereocenters. The summed E-state index contributed by atoms with van der Waals surface area (Å²) >= 11 is 5.96. The van der Waals surface area contributed by atoms with E-state index in [0.717, 1.165) is 0 Å². The maximum absolute atomic E-state index is 11.9. The Balaban J connectivity index is 2.36. The van der Waals surface area contributed by atoms with Crippen LogP contribution in [0.1, 0.15) is 0 Å². The van der Waals surface area contributed by atoms with E-state index < -0.39 is 5.38 Å². The second-order valence-corrected chi connectivity index (χ2v) is 3.68. The lowest BCUT2D eigenvalue weighted by Gasteiger charge is -2.23. The summed E-state index contributed by atoms with van der Waals surface area (Å²) in [5, 5.41) is 4.55. The highest BCUT2D eigenvalue weighted by molar-refractivity contribution is 6.56. The molecular formula is C11H10ClN3O. The number of hydrogen-bond donors (Lipinski definition) is 0. The van der Waals surface area contributed by atoms with Gasteiger partial charge in [0.1, 0.15) is 0 Å². The number of alkyl halides is 1. The van der Waals surface area contributed by atoms with Gasteiger partial charge in [0, 0.05) is 7.05 Å². The molecule has 4 nitrogen and oxygen atoms in total. The number of hydrogen-bond acceptors (Lipinski definition) is 3. The minimum atomic E-state index is -0.761. The second kappa shape index (κ2) is 4.45. The van der Waals surface area contributed by atoms with Crippen LogP contribution in [0, 0.1) is 0 Å². The fraction of sp³-hybridized carbons (Fsp3) is 0.182. The third-order valence-corrected chi connectivity index (χ3v) is 2.66. The van der Waals surface area contributed by atoms with E-state index in [4.69, 9.17) is 11.6 Å². The number of rotatable bonds is 1. The number of halogens is 1. The minimum Gasteiger partial charge on any atom is -0.289 e. The van der Waals surface area contributed by atoms with Crippen molar-refractivity contribution in [3.05, 3.63) is 30.3 Å². The summed E-state index contributed by atoms with van der Waals surface area (Å²) in [6.45, 7) is 0. The van der Waals surface area contributed by atoms with Gasteiger partial charge in [-0.3, -0.25) is 9.79 Å². The van der Waals surface area contributed by atoms with E-state index in [2.05, 4.69) is 10.1 Å². The van der Waals surface area contributed by atoms with E-state index in [0.29, 0.717) is 11.4 Å². The molecule has 1 aliphatic rings. The van der Waals surface area contributed by atoms with Crippen LogP contribution < -0.4 is 5.01 Å². The number of anilines is 1. The van der Waals surface area contributed by atoms with Crippen molar-refractivity contribution in [3.63, 3.8) is 0 Å². The molecule has 0 aromatic heterocycles. The Hall–Kier alpha value is -1.68. The second-order valence-electron chi connectivity index (χ2n) is 3.24. The van der Waals surface area contributed by atoms with Gasteiger partial charge in [0.25, 0.3) is 5.91 Å². The molecule has 0 bridgehead atoms. The topological polar surface area (TPSA) is 45.0 Å². The maximum Gasteiger partial charge on any atom is 0.271 e. The smallest absolute Gasteiger partial charge is 0.271 e. The molecule has 0 N–H and O–H groups in total. The number of nitrogens with zero attached hydrogens (tertiary/aromatic N) is 3. The van der Waals surface area contributed by atoms with E-state index in [1.807, 2.05) is 18.2 Å². The standard InChI is InChI=1S/C11H10ClN3O/c1-13-9-7-14-15(11(16)10(9)12)8-5-3-2-4-6-8/h2-7,10H,1H3. The Kier molecular flexibility index (Phi) is 3.01. The van der Waals surface area contributed by atoms with Crippen LogP contribution in [0.5, 0.6) is 0 Å². The lowest BCUT2D eigenvalue weighted by atomic mass is 10.2. The van der Waals surface area contributed by atoms with Gasteiger partial charge in [-0.1, -0.05) is 18.2 Å². The zero-order valence-electron chi connectivity index (χ0n) is 8.67. The number of hydrazone groups is 1. The Morgan fingerprint density at radius 3 is 2.69 bits per heavy atom. The fourth-order valence-electron chi connectivity index (χ4n) is 1.41. The Morgan fingerprint density at radius 2 is 2.06 bits per heavy atom. The Morgan fingerprint density at radius 1 is 1.38 bits per heavy atom. The summed E-state index contributed by atoms with van der Waals surface area (Å²) in [5.74, 6) is -0.282. The number of benzene rings is 1. The van der Waals surface area contributed by atoms with Crippen LogP contribution in [0.3, 0.4) is 0 Å². The molecule has 5 heteroatoms. The van der Waals surface area contributed by atoms with E-state index in [-0.39, 0.29) is 5.91 Å². The quantitative estimate of drug-likeness (QED) is 0.684. The molecule has 1 amide bonds. The highest BCUT2D eigenvalue weighted by Gasteiger charge is 2.30. The van der Waals surface area contributed by atoms with Crippen molar-refractivity contribution in [3.8, 4) is 0 Å². The first-order chi connectivity index (χ1) is 7.74. The largest absolute Gasteiger partial charge is 0.289 e. The minimum absolute atomic E-state index is 0.282. The van der Waals surface area contributed by atoms with Crippen molar-refractivity contribution in [2.45, 2.75) is 5.38 Å². The van der Waals surface area contributed by atoms with Gasteiger partial charge in [-0.25, -0.2) is 0 Å². The molecule has 1 aliphatic heterocycles. The fourth-order valence-corrected chi connectivity index (χ4v) is 1.65. The maximum atomic E-state index is 11.9. The molecule has 0 radical (unpaired) electrons. The summed E-state index contributed by atoms with van der Waals surface area (Å²) < 4.78 is 0. The lowest BCUT2D eigenvalue weighted by molar-refractivity contribution is -0.117. The summed E-state index contributed by atoms with van der Waals surface area (Å²) in [7, 11) is 1.59. The molecule has 16 heavy (non-hydrogen) atoms. The Labute approximate surface area is 98.2 Å². The number of carbonyl (C=O) groups excluding carboxylic acids is 1. The van der Waals surface area contributed by atoms with Crippen LogP contribution in [-0.2, 0) is 4.79 Å². The van der Waals surface area contributed by atoms with Crippen molar-refractivity contribution in [1.29, 1.82) is 0 Å². The average molecular weight is 236 g/mol. The predicted octanol–water partition coefficient (Wildman–Crippen LogP) is 1.70. The van der Waals surface area contributed by atoms with Gasteiger partial charge in [0.2, 0.25) is 0 Å². The van der Waals surface area contributed by atoms with Gasteiger partial charge in [0.15, 0.2) is 5.38 Å². The molecule has 0 fully saturated rings. The van der Waals surface area contributed by atoms with E-state index in [1.54, 1.807) is 19.2 Å². The molecule has 0 saturated heterocycles. The van der Waals surface area contributed by atoms with E-state index in [9.17, 15) is 4.79 Å². The summed E-state index contributed by atoms with van der Waals surface area (Å²) in [5.41, 5.74) is 1.18. The van der Waals surface area contributed by atoms with Crippen molar-refractivity contribution < 1.29 is 4.79 Å². The molecule has 2 rings (SSSR count). The number of para-hydroxylation sites is 1. The summed E-state index contributed by atoms with van der Waals surface area (Å²) in [6, 6.07) is 9.15. The number of carbonyl (C=O) groups is 1. The monoisotopic (exact) mass is 235 g/mol. The molecule has 1 heterocycles. The first-order valence-corrected chi connectivity index (χ1v) is 5.21. The number of amides is 1. The zero-order valence-corrected chi connectivity index (χ0v) is 9.43. The molecular weight excluding hydrogens is 226 g/mol. The first kappa shape index (κ1) is 10.8. The highest BCUT2D eigenvalue weighted by Crippen LogP contribution is 2.19. The van der Waals surface area contributed by atoms with Crippen molar-refractivity contribution >= 4 is 35.1 Å². The molecule has 82 valence electrons. The van der Waals surface area contributed by atoms with Crippen molar-refractivity contribution in [1.82, 2.24) is 0 Å².